The Bertz CT molecular complexity index is 1400. The van der Waals surface area contributed by atoms with E-state index in [-0.39, 0.29) is 12.1 Å². The third-order valence-corrected chi connectivity index (χ3v) is 7.07. The van der Waals surface area contributed by atoms with Crippen LogP contribution in [0.2, 0.25) is 0 Å². The standard InChI is InChI=1S/C23H21N5O2S/c24-23-22-17(7-20(30-22)19-12-31-21-10-25-5-4-16(19)21)18(9-26-23)13-8-27-28(11-13)14-2-1-3-15(29)6-14/h4-5,7-12,14-15,29H,1-3,6H2,(H2,24,26)/t14-,15+/m1/s1. The quantitative estimate of drug-likeness (QED) is 0.415. The van der Waals surface area contributed by atoms with Crippen molar-refractivity contribution in [1.82, 2.24) is 19.7 Å². The molecule has 5 aromatic rings. The molecule has 0 aromatic carbocycles. The molecule has 0 radical (unpaired) electrons. The summed E-state index contributed by atoms with van der Waals surface area (Å²) in [6, 6.07) is 4.26. The van der Waals surface area contributed by atoms with Gasteiger partial charge in [0.05, 0.1) is 23.0 Å². The van der Waals surface area contributed by atoms with Gasteiger partial charge in [0.2, 0.25) is 0 Å². The highest BCUT2D eigenvalue weighted by molar-refractivity contribution is 7.17. The van der Waals surface area contributed by atoms with Crippen molar-refractivity contribution in [2.45, 2.75) is 37.8 Å². The maximum atomic E-state index is 10.0. The summed E-state index contributed by atoms with van der Waals surface area (Å²) in [7, 11) is 0. The number of rotatable bonds is 3. The highest BCUT2D eigenvalue weighted by Crippen LogP contribution is 2.40. The summed E-state index contributed by atoms with van der Waals surface area (Å²) >= 11 is 1.64. The van der Waals surface area contributed by atoms with Crippen LogP contribution in [0.1, 0.15) is 31.7 Å². The van der Waals surface area contributed by atoms with E-state index in [0.717, 1.165) is 63.6 Å². The van der Waals surface area contributed by atoms with E-state index < -0.39 is 0 Å². The Morgan fingerprint density at radius 2 is 2.10 bits per heavy atom. The molecule has 0 bridgehead atoms. The van der Waals surface area contributed by atoms with Crippen molar-refractivity contribution in [2.75, 3.05) is 5.73 Å². The molecule has 7 nitrogen and oxygen atoms in total. The number of furan rings is 1. The van der Waals surface area contributed by atoms with Crippen molar-refractivity contribution in [2.24, 2.45) is 0 Å². The van der Waals surface area contributed by atoms with Gasteiger partial charge >= 0.3 is 0 Å². The molecule has 31 heavy (non-hydrogen) atoms. The maximum absolute atomic E-state index is 10.0. The van der Waals surface area contributed by atoms with Crippen molar-refractivity contribution in [3.8, 4) is 22.5 Å². The Morgan fingerprint density at radius 3 is 3.00 bits per heavy atom. The molecular formula is C23H21N5O2S. The van der Waals surface area contributed by atoms with Crippen LogP contribution in [-0.2, 0) is 0 Å². The molecule has 5 aromatic heterocycles. The normalized spacial score (nSPS) is 19.4. The highest BCUT2D eigenvalue weighted by Gasteiger charge is 2.23. The van der Waals surface area contributed by atoms with Crippen LogP contribution >= 0.6 is 11.3 Å². The lowest BCUT2D eigenvalue weighted by Gasteiger charge is -2.25. The van der Waals surface area contributed by atoms with E-state index in [9.17, 15) is 5.11 Å². The summed E-state index contributed by atoms with van der Waals surface area (Å²) < 4.78 is 9.27. The predicted molar refractivity (Wildman–Crippen MR) is 122 cm³/mol. The average Bonchev–Trinajstić information content (AvgIpc) is 3.52. The fourth-order valence-corrected chi connectivity index (χ4v) is 5.45. The van der Waals surface area contributed by atoms with Crippen LogP contribution in [0.25, 0.3) is 43.5 Å². The van der Waals surface area contributed by atoms with Gasteiger partial charge in [-0.25, -0.2) is 4.98 Å². The van der Waals surface area contributed by atoms with E-state index in [4.69, 9.17) is 10.2 Å². The third-order valence-electron chi connectivity index (χ3n) is 6.14. The summed E-state index contributed by atoms with van der Waals surface area (Å²) in [5.74, 6) is 1.13. The van der Waals surface area contributed by atoms with Gasteiger partial charge in [-0.05, 0) is 37.8 Å². The number of fused-ring (bicyclic) bond motifs is 2. The molecule has 1 fully saturated rings. The average molecular weight is 432 g/mol. The summed E-state index contributed by atoms with van der Waals surface area (Å²) in [6.45, 7) is 0. The first kappa shape index (κ1) is 18.5. The molecule has 156 valence electrons. The van der Waals surface area contributed by atoms with Crippen LogP contribution in [0.5, 0.6) is 0 Å². The number of anilines is 1. The summed E-state index contributed by atoms with van der Waals surface area (Å²) in [6.07, 6.45) is 12.7. The third kappa shape index (κ3) is 3.10. The minimum absolute atomic E-state index is 0.223. The van der Waals surface area contributed by atoms with Gasteiger partial charge in [-0.1, -0.05) is 0 Å². The van der Waals surface area contributed by atoms with Gasteiger partial charge in [-0.15, -0.1) is 11.3 Å². The van der Waals surface area contributed by atoms with Crippen molar-refractivity contribution in [3.05, 3.63) is 48.5 Å². The SMILES string of the molecule is Nc1ncc(-c2cnn([C@@H]3CCC[C@H](O)C3)c2)c2cc(-c3csc4cnccc34)oc12. The number of hydrogen-bond acceptors (Lipinski definition) is 7. The van der Waals surface area contributed by atoms with Crippen LogP contribution in [0.3, 0.4) is 0 Å². The minimum Gasteiger partial charge on any atom is -0.452 e. The number of pyridine rings is 2. The van der Waals surface area contributed by atoms with Gasteiger partial charge in [0.1, 0.15) is 5.76 Å². The number of thiophene rings is 1. The first-order chi connectivity index (χ1) is 15.2. The monoisotopic (exact) mass is 431 g/mol. The van der Waals surface area contributed by atoms with Crippen LogP contribution in [0.4, 0.5) is 5.82 Å². The molecule has 0 unspecified atom stereocenters. The largest absolute Gasteiger partial charge is 0.452 e. The summed E-state index contributed by atoms with van der Waals surface area (Å²) in [5, 5.41) is 18.7. The lowest BCUT2D eigenvalue weighted by Crippen LogP contribution is -2.22. The fourth-order valence-electron chi connectivity index (χ4n) is 4.54. The number of aromatic nitrogens is 4. The predicted octanol–water partition coefficient (Wildman–Crippen LogP) is 5.03. The molecule has 3 N–H and O–H groups in total. The molecule has 8 heteroatoms. The Balaban J connectivity index is 1.44. The van der Waals surface area contributed by atoms with Crippen molar-refractivity contribution >= 4 is 38.2 Å². The molecule has 0 amide bonds. The molecule has 2 atom stereocenters. The molecule has 5 heterocycles. The lowest BCUT2D eigenvalue weighted by atomic mass is 9.93. The minimum atomic E-state index is -0.247. The number of nitrogens with two attached hydrogens (primary N) is 1. The Morgan fingerprint density at radius 1 is 1.16 bits per heavy atom. The lowest BCUT2D eigenvalue weighted by molar-refractivity contribution is 0.100. The van der Waals surface area contributed by atoms with Gasteiger partial charge in [0.25, 0.3) is 0 Å². The van der Waals surface area contributed by atoms with E-state index in [0.29, 0.717) is 11.4 Å². The topological polar surface area (TPSA) is 103 Å². The Hall–Kier alpha value is -3.23. The molecule has 6 rings (SSSR count). The summed E-state index contributed by atoms with van der Waals surface area (Å²) in [4.78, 5) is 8.57. The number of aliphatic hydroxyl groups excluding tert-OH is 1. The van der Waals surface area contributed by atoms with Gasteiger partial charge in [0.15, 0.2) is 11.4 Å². The first-order valence-corrected chi connectivity index (χ1v) is 11.3. The van der Waals surface area contributed by atoms with Crippen molar-refractivity contribution in [1.29, 1.82) is 0 Å². The highest BCUT2D eigenvalue weighted by atomic mass is 32.1. The van der Waals surface area contributed by atoms with Gasteiger partial charge in [0, 0.05) is 57.6 Å². The van der Waals surface area contributed by atoms with Crippen molar-refractivity contribution in [3.63, 3.8) is 0 Å². The Kier molecular flexibility index (Phi) is 4.29. The van der Waals surface area contributed by atoms with E-state index in [1.165, 1.54) is 0 Å². The van der Waals surface area contributed by atoms with Crippen LogP contribution in [-0.4, -0.2) is 31.0 Å². The second-order valence-corrected chi connectivity index (χ2v) is 9.03. The number of nitrogens with zero attached hydrogens (tertiary/aromatic N) is 4. The molecule has 0 aliphatic heterocycles. The smallest absolute Gasteiger partial charge is 0.177 e. The van der Waals surface area contributed by atoms with E-state index in [1.54, 1.807) is 23.7 Å². The molecule has 0 saturated heterocycles. The van der Waals surface area contributed by atoms with Gasteiger partial charge in [-0.2, -0.15) is 5.10 Å². The molecule has 1 aliphatic carbocycles. The van der Waals surface area contributed by atoms with Crippen LogP contribution < -0.4 is 5.73 Å². The van der Waals surface area contributed by atoms with Gasteiger partial charge in [-0.3, -0.25) is 9.67 Å². The summed E-state index contributed by atoms with van der Waals surface area (Å²) in [5.41, 5.74) is 9.66. The maximum Gasteiger partial charge on any atom is 0.177 e. The fraction of sp³-hybridized carbons (Fsp3) is 0.261. The van der Waals surface area contributed by atoms with E-state index >= 15 is 0 Å². The number of nitrogen functional groups attached to an aromatic ring is 1. The van der Waals surface area contributed by atoms with Crippen molar-refractivity contribution < 1.29 is 9.52 Å². The zero-order chi connectivity index (χ0) is 20.9. The first-order valence-electron chi connectivity index (χ1n) is 10.4. The number of hydrogen-bond donors (Lipinski definition) is 2. The molecule has 0 spiro atoms. The number of aliphatic hydroxyl groups is 1. The van der Waals surface area contributed by atoms with Gasteiger partial charge < -0.3 is 15.3 Å². The molecular weight excluding hydrogens is 410 g/mol. The Labute approximate surface area is 182 Å². The zero-order valence-corrected chi connectivity index (χ0v) is 17.5. The zero-order valence-electron chi connectivity index (χ0n) is 16.7. The van der Waals surface area contributed by atoms with E-state index in [2.05, 4.69) is 20.4 Å². The van der Waals surface area contributed by atoms with Crippen LogP contribution in [0, 0.1) is 0 Å². The molecule has 1 saturated carbocycles. The van der Waals surface area contributed by atoms with Crippen LogP contribution in [0.15, 0.2) is 52.9 Å². The second-order valence-electron chi connectivity index (χ2n) is 8.12. The van der Waals surface area contributed by atoms with E-state index in [1.807, 2.05) is 35.4 Å². The molecule has 1 aliphatic rings. The second kappa shape index (κ2) is 7.18.